The summed E-state index contributed by atoms with van der Waals surface area (Å²) >= 11 is 6.10. The minimum Gasteiger partial charge on any atom is -0.384 e. The van der Waals surface area contributed by atoms with Crippen molar-refractivity contribution in [1.29, 1.82) is 5.41 Å². The van der Waals surface area contributed by atoms with Crippen molar-refractivity contribution in [2.24, 2.45) is 5.73 Å². The van der Waals surface area contributed by atoms with Crippen molar-refractivity contribution in [2.75, 3.05) is 13.2 Å². The van der Waals surface area contributed by atoms with Crippen LogP contribution in [0.25, 0.3) is 0 Å². The predicted octanol–water partition coefficient (Wildman–Crippen LogP) is 2.57. The van der Waals surface area contributed by atoms with Crippen LogP contribution in [0.1, 0.15) is 25.0 Å². The largest absolute Gasteiger partial charge is 0.384 e. The van der Waals surface area contributed by atoms with Gasteiger partial charge in [0, 0.05) is 17.2 Å². The predicted molar refractivity (Wildman–Crippen MR) is 73.2 cm³/mol. The lowest BCUT2D eigenvalue weighted by Crippen LogP contribution is -2.16. The molecule has 0 saturated heterocycles. The Balaban J connectivity index is 2.55. The summed E-state index contributed by atoms with van der Waals surface area (Å²) in [5.74, 6) is 0.00841. The molecule has 0 aromatic heterocycles. The van der Waals surface area contributed by atoms with E-state index in [1.807, 2.05) is 19.9 Å². The van der Waals surface area contributed by atoms with Gasteiger partial charge in [0.2, 0.25) is 0 Å². The zero-order chi connectivity index (χ0) is 13.5. The number of benzene rings is 1. The monoisotopic (exact) mass is 270 g/mol. The highest BCUT2D eigenvalue weighted by Crippen LogP contribution is 2.19. The third-order valence-electron chi connectivity index (χ3n) is 2.44. The Morgan fingerprint density at radius 3 is 2.78 bits per heavy atom. The van der Waals surface area contributed by atoms with E-state index in [-0.39, 0.29) is 11.9 Å². The molecule has 1 aromatic carbocycles. The van der Waals surface area contributed by atoms with Gasteiger partial charge >= 0.3 is 0 Å². The summed E-state index contributed by atoms with van der Waals surface area (Å²) in [6.45, 7) is 5.57. The topological polar surface area (TPSA) is 68.3 Å². The molecule has 1 unspecified atom stereocenters. The van der Waals surface area contributed by atoms with Gasteiger partial charge in [-0.3, -0.25) is 5.41 Å². The number of halogens is 1. The molecule has 0 bridgehead atoms. The van der Waals surface area contributed by atoms with E-state index < -0.39 is 0 Å². The van der Waals surface area contributed by atoms with Crippen molar-refractivity contribution >= 4 is 17.4 Å². The molecule has 5 heteroatoms. The molecule has 100 valence electrons. The second kappa shape index (κ2) is 7.36. The maximum Gasteiger partial charge on any atom is 0.122 e. The van der Waals surface area contributed by atoms with Crippen LogP contribution in [0.2, 0.25) is 5.02 Å². The molecule has 0 saturated carbocycles. The van der Waals surface area contributed by atoms with Gasteiger partial charge in [0.05, 0.1) is 19.3 Å². The van der Waals surface area contributed by atoms with E-state index in [0.29, 0.717) is 30.4 Å². The zero-order valence-electron chi connectivity index (χ0n) is 10.7. The molecular weight excluding hydrogens is 252 g/mol. The molecule has 0 heterocycles. The van der Waals surface area contributed by atoms with Gasteiger partial charge < -0.3 is 15.2 Å². The number of hydrogen-bond acceptors (Lipinski definition) is 3. The average molecular weight is 271 g/mol. The molecule has 0 aliphatic rings. The van der Waals surface area contributed by atoms with Gasteiger partial charge in [0.25, 0.3) is 0 Å². The Labute approximate surface area is 113 Å². The molecule has 3 N–H and O–H groups in total. The number of amidine groups is 1. The Kier molecular flexibility index (Phi) is 6.12. The maximum atomic E-state index is 7.32. The number of rotatable bonds is 7. The maximum absolute atomic E-state index is 7.32. The van der Waals surface area contributed by atoms with Crippen LogP contribution in [-0.4, -0.2) is 25.2 Å². The van der Waals surface area contributed by atoms with Crippen molar-refractivity contribution in [2.45, 2.75) is 26.6 Å². The van der Waals surface area contributed by atoms with Gasteiger partial charge in [-0.05, 0) is 25.5 Å². The molecule has 1 rings (SSSR count). The normalized spacial score (nSPS) is 12.4. The van der Waals surface area contributed by atoms with Crippen LogP contribution in [0.4, 0.5) is 0 Å². The summed E-state index contributed by atoms with van der Waals surface area (Å²) in [5.41, 5.74) is 6.88. The van der Waals surface area contributed by atoms with E-state index in [1.54, 1.807) is 12.1 Å². The van der Waals surface area contributed by atoms with Gasteiger partial charge in [-0.1, -0.05) is 23.7 Å². The summed E-state index contributed by atoms with van der Waals surface area (Å²) in [7, 11) is 0. The molecule has 1 aromatic rings. The van der Waals surface area contributed by atoms with E-state index in [4.69, 9.17) is 32.2 Å². The van der Waals surface area contributed by atoms with Crippen molar-refractivity contribution < 1.29 is 9.47 Å². The van der Waals surface area contributed by atoms with Crippen LogP contribution in [0.15, 0.2) is 18.2 Å². The Hall–Kier alpha value is -1.10. The molecule has 4 nitrogen and oxygen atoms in total. The van der Waals surface area contributed by atoms with Crippen LogP contribution in [0, 0.1) is 5.41 Å². The Bertz CT molecular complexity index is 410. The quantitative estimate of drug-likeness (QED) is 0.591. The van der Waals surface area contributed by atoms with Crippen molar-refractivity contribution in [3.63, 3.8) is 0 Å². The Morgan fingerprint density at radius 1 is 1.50 bits per heavy atom. The molecular formula is C13H19ClN2O2. The minimum atomic E-state index is 0.00841. The second-order valence-electron chi connectivity index (χ2n) is 4.00. The first-order chi connectivity index (χ1) is 8.54. The van der Waals surface area contributed by atoms with E-state index in [1.165, 1.54) is 0 Å². The fourth-order valence-corrected chi connectivity index (χ4v) is 1.63. The lowest BCUT2D eigenvalue weighted by molar-refractivity contribution is -0.0116. The van der Waals surface area contributed by atoms with Crippen LogP contribution in [0.5, 0.6) is 0 Å². The highest BCUT2D eigenvalue weighted by Gasteiger charge is 2.07. The van der Waals surface area contributed by atoms with Crippen molar-refractivity contribution in [1.82, 2.24) is 0 Å². The molecule has 1 atom stereocenters. The summed E-state index contributed by atoms with van der Waals surface area (Å²) in [5, 5.41) is 7.88. The summed E-state index contributed by atoms with van der Waals surface area (Å²) in [6, 6.07) is 5.27. The third kappa shape index (κ3) is 4.64. The molecule has 0 radical (unpaired) electrons. The van der Waals surface area contributed by atoms with Gasteiger partial charge in [-0.2, -0.15) is 0 Å². The fraction of sp³-hybridized carbons (Fsp3) is 0.462. The highest BCUT2D eigenvalue weighted by atomic mass is 35.5. The molecule has 0 fully saturated rings. The third-order valence-corrected chi connectivity index (χ3v) is 2.80. The van der Waals surface area contributed by atoms with Crippen molar-refractivity contribution in [3.8, 4) is 0 Å². The van der Waals surface area contributed by atoms with Gasteiger partial charge in [0.1, 0.15) is 5.84 Å². The van der Waals surface area contributed by atoms with E-state index in [9.17, 15) is 0 Å². The molecule has 18 heavy (non-hydrogen) atoms. The lowest BCUT2D eigenvalue weighted by Gasteiger charge is -2.14. The van der Waals surface area contributed by atoms with Gasteiger partial charge in [-0.25, -0.2) is 0 Å². The minimum absolute atomic E-state index is 0.00841. The SMILES string of the molecule is CCOCC(C)OCc1ccc(C(=N)N)cc1Cl. The number of hydrogen-bond donors (Lipinski definition) is 2. The first-order valence-corrected chi connectivity index (χ1v) is 6.24. The number of nitrogen functional groups attached to an aromatic ring is 1. The van der Waals surface area contributed by atoms with Crippen LogP contribution in [-0.2, 0) is 16.1 Å². The van der Waals surface area contributed by atoms with Crippen molar-refractivity contribution in [3.05, 3.63) is 34.3 Å². The summed E-state index contributed by atoms with van der Waals surface area (Å²) in [4.78, 5) is 0. The second-order valence-corrected chi connectivity index (χ2v) is 4.41. The molecule has 0 spiro atoms. The first kappa shape index (κ1) is 15.0. The average Bonchev–Trinajstić information content (AvgIpc) is 2.34. The highest BCUT2D eigenvalue weighted by molar-refractivity contribution is 6.31. The number of nitrogens with one attached hydrogen (secondary N) is 1. The standard InChI is InChI=1S/C13H19ClN2O2/c1-3-17-7-9(2)18-8-11-5-4-10(13(15)16)6-12(11)14/h4-6,9H,3,7-8H2,1-2H3,(H3,15,16). The molecule has 0 aliphatic heterocycles. The summed E-state index contributed by atoms with van der Waals surface area (Å²) < 4.78 is 10.9. The van der Waals surface area contributed by atoms with Crippen LogP contribution in [0.3, 0.4) is 0 Å². The van der Waals surface area contributed by atoms with Gasteiger partial charge in [-0.15, -0.1) is 0 Å². The smallest absolute Gasteiger partial charge is 0.122 e. The van der Waals surface area contributed by atoms with E-state index in [2.05, 4.69) is 0 Å². The van der Waals surface area contributed by atoms with Gasteiger partial charge in [0.15, 0.2) is 0 Å². The fourth-order valence-electron chi connectivity index (χ4n) is 1.40. The Morgan fingerprint density at radius 2 is 2.22 bits per heavy atom. The van der Waals surface area contributed by atoms with E-state index in [0.717, 1.165) is 5.56 Å². The van der Waals surface area contributed by atoms with Crippen LogP contribution < -0.4 is 5.73 Å². The first-order valence-electron chi connectivity index (χ1n) is 5.86. The molecule has 0 aliphatic carbocycles. The van der Waals surface area contributed by atoms with E-state index >= 15 is 0 Å². The number of ether oxygens (including phenoxy) is 2. The lowest BCUT2D eigenvalue weighted by atomic mass is 10.1. The summed E-state index contributed by atoms with van der Waals surface area (Å²) in [6.07, 6.45) is 0.0218. The molecule has 0 amide bonds. The zero-order valence-corrected chi connectivity index (χ0v) is 11.5. The number of nitrogens with two attached hydrogens (primary N) is 1. The van der Waals surface area contributed by atoms with Crippen LogP contribution >= 0.6 is 11.6 Å².